The molecule has 0 aliphatic carbocycles. The van der Waals surface area contributed by atoms with Crippen LogP contribution in [0.25, 0.3) is 0 Å². The molecule has 7 nitrogen and oxygen atoms in total. The van der Waals surface area contributed by atoms with Crippen LogP contribution in [0.3, 0.4) is 0 Å². The molecule has 0 amide bonds. The number of nitrogens with zero attached hydrogens (tertiary/aromatic N) is 2. The molecule has 0 saturated heterocycles. The van der Waals surface area contributed by atoms with Crippen molar-refractivity contribution in [1.29, 1.82) is 0 Å². The Morgan fingerprint density at radius 3 is 1.89 bits per heavy atom. The lowest BCUT2D eigenvalue weighted by Crippen LogP contribution is -2.12. The lowest BCUT2D eigenvalue weighted by molar-refractivity contribution is 0.197. The number of nitrogen functional groups attached to an aromatic ring is 1. The molecule has 0 spiro atoms. The fourth-order valence-corrected chi connectivity index (χ4v) is 1.52. The zero-order chi connectivity index (χ0) is 13.9. The predicted octanol–water partition coefficient (Wildman–Crippen LogP) is 0.956. The van der Waals surface area contributed by atoms with Gasteiger partial charge >= 0.3 is 0 Å². The third-order valence-corrected chi connectivity index (χ3v) is 2.52. The Kier molecular flexibility index (Phi) is 7.60. The van der Waals surface area contributed by atoms with E-state index in [2.05, 4.69) is 20.6 Å². The van der Waals surface area contributed by atoms with E-state index in [4.69, 9.17) is 15.2 Å². The van der Waals surface area contributed by atoms with E-state index in [0.29, 0.717) is 30.5 Å². The van der Waals surface area contributed by atoms with E-state index in [0.717, 1.165) is 25.9 Å². The molecule has 108 valence electrons. The van der Waals surface area contributed by atoms with Gasteiger partial charge in [0.2, 0.25) is 0 Å². The quantitative estimate of drug-likeness (QED) is 0.544. The van der Waals surface area contributed by atoms with Gasteiger partial charge in [-0.15, -0.1) is 0 Å². The van der Waals surface area contributed by atoms with E-state index in [-0.39, 0.29) is 0 Å². The molecule has 1 heterocycles. The highest BCUT2D eigenvalue weighted by atomic mass is 16.5. The van der Waals surface area contributed by atoms with E-state index in [9.17, 15) is 0 Å². The number of anilines is 3. The third-order valence-electron chi connectivity index (χ3n) is 2.52. The Morgan fingerprint density at radius 1 is 1.00 bits per heavy atom. The standard InChI is InChI=1S/C12H23N5O2/c1-18-7-3-5-14-11-10(13)12(17-9-16-11)15-6-4-8-19-2/h9H,3-8,13H2,1-2H3,(H2,14,15,16,17). The summed E-state index contributed by atoms with van der Waals surface area (Å²) in [7, 11) is 3.36. The first-order valence-electron chi connectivity index (χ1n) is 6.35. The van der Waals surface area contributed by atoms with Crippen LogP contribution in [0, 0.1) is 0 Å². The van der Waals surface area contributed by atoms with E-state index in [1.165, 1.54) is 6.33 Å². The van der Waals surface area contributed by atoms with Crippen LogP contribution < -0.4 is 16.4 Å². The number of rotatable bonds is 10. The number of hydrogen-bond acceptors (Lipinski definition) is 7. The molecular weight excluding hydrogens is 246 g/mol. The van der Waals surface area contributed by atoms with Gasteiger partial charge in [0.25, 0.3) is 0 Å². The molecule has 1 aromatic rings. The first kappa shape index (κ1) is 15.5. The van der Waals surface area contributed by atoms with Crippen molar-refractivity contribution in [2.75, 3.05) is 56.9 Å². The maximum absolute atomic E-state index is 6.00. The largest absolute Gasteiger partial charge is 0.393 e. The van der Waals surface area contributed by atoms with Gasteiger partial charge in [-0.1, -0.05) is 0 Å². The molecule has 4 N–H and O–H groups in total. The summed E-state index contributed by atoms with van der Waals surface area (Å²) in [5.41, 5.74) is 6.54. The second-order valence-corrected chi connectivity index (χ2v) is 4.03. The number of methoxy groups -OCH3 is 2. The molecule has 19 heavy (non-hydrogen) atoms. The van der Waals surface area contributed by atoms with Crippen LogP contribution in [-0.4, -0.2) is 50.5 Å². The van der Waals surface area contributed by atoms with Gasteiger partial charge in [0.15, 0.2) is 11.6 Å². The first-order valence-corrected chi connectivity index (χ1v) is 6.35. The fraction of sp³-hybridized carbons (Fsp3) is 0.667. The molecule has 0 saturated carbocycles. The minimum Gasteiger partial charge on any atom is -0.393 e. The summed E-state index contributed by atoms with van der Waals surface area (Å²) in [5, 5.41) is 6.34. The van der Waals surface area contributed by atoms with Crippen LogP contribution in [-0.2, 0) is 9.47 Å². The van der Waals surface area contributed by atoms with Gasteiger partial charge in [-0.2, -0.15) is 0 Å². The van der Waals surface area contributed by atoms with Gasteiger partial charge < -0.3 is 25.8 Å². The number of nitrogens with two attached hydrogens (primary N) is 1. The van der Waals surface area contributed by atoms with Crippen molar-refractivity contribution in [2.24, 2.45) is 0 Å². The maximum atomic E-state index is 6.00. The van der Waals surface area contributed by atoms with Crippen molar-refractivity contribution in [3.8, 4) is 0 Å². The Hall–Kier alpha value is -1.60. The first-order chi connectivity index (χ1) is 9.29. The summed E-state index contributed by atoms with van der Waals surface area (Å²) in [4.78, 5) is 8.26. The van der Waals surface area contributed by atoms with Crippen LogP contribution in [0.1, 0.15) is 12.8 Å². The number of hydrogen-bond donors (Lipinski definition) is 3. The summed E-state index contributed by atoms with van der Waals surface area (Å²) in [6.45, 7) is 2.94. The van der Waals surface area contributed by atoms with Crippen molar-refractivity contribution in [2.45, 2.75) is 12.8 Å². The highest BCUT2D eigenvalue weighted by Gasteiger charge is 2.06. The molecular formula is C12H23N5O2. The van der Waals surface area contributed by atoms with Crippen LogP contribution >= 0.6 is 0 Å². The van der Waals surface area contributed by atoms with Gasteiger partial charge in [-0.05, 0) is 12.8 Å². The van der Waals surface area contributed by atoms with E-state index >= 15 is 0 Å². The predicted molar refractivity (Wildman–Crippen MR) is 76.4 cm³/mol. The van der Waals surface area contributed by atoms with Crippen LogP contribution in [0.4, 0.5) is 17.3 Å². The Morgan fingerprint density at radius 2 is 1.47 bits per heavy atom. The van der Waals surface area contributed by atoms with Crippen molar-refractivity contribution in [3.63, 3.8) is 0 Å². The van der Waals surface area contributed by atoms with Crippen molar-refractivity contribution < 1.29 is 9.47 Å². The van der Waals surface area contributed by atoms with E-state index < -0.39 is 0 Å². The SMILES string of the molecule is COCCCNc1ncnc(NCCCOC)c1N. The lowest BCUT2D eigenvalue weighted by atomic mass is 10.3. The minimum atomic E-state index is 0.539. The normalized spacial score (nSPS) is 10.4. The molecule has 0 aliphatic heterocycles. The van der Waals surface area contributed by atoms with Gasteiger partial charge in [0.05, 0.1) is 0 Å². The number of ether oxygens (including phenoxy) is 2. The summed E-state index contributed by atoms with van der Waals surface area (Å²) in [5.74, 6) is 1.31. The van der Waals surface area contributed by atoms with Gasteiger partial charge in [-0.3, -0.25) is 0 Å². The molecule has 0 aliphatic rings. The van der Waals surface area contributed by atoms with E-state index in [1.807, 2.05) is 0 Å². The van der Waals surface area contributed by atoms with Gasteiger partial charge in [0, 0.05) is 40.5 Å². The maximum Gasteiger partial charge on any atom is 0.154 e. The van der Waals surface area contributed by atoms with Gasteiger partial charge in [0.1, 0.15) is 12.0 Å². The molecule has 0 atom stereocenters. The smallest absolute Gasteiger partial charge is 0.154 e. The monoisotopic (exact) mass is 269 g/mol. The van der Waals surface area contributed by atoms with Gasteiger partial charge in [-0.25, -0.2) is 9.97 Å². The molecule has 0 fully saturated rings. The Balaban J connectivity index is 2.44. The Labute approximate surface area is 113 Å². The summed E-state index contributed by atoms with van der Waals surface area (Å²) in [6.07, 6.45) is 3.29. The molecule has 0 aromatic carbocycles. The summed E-state index contributed by atoms with van der Waals surface area (Å²) >= 11 is 0. The molecule has 0 unspecified atom stereocenters. The topological polar surface area (TPSA) is 94.3 Å². The van der Waals surface area contributed by atoms with Crippen LogP contribution in [0.2, 0.25) is 0 Å². The van der Waals surface area contributed by atoms with Crippen molar-refractivity contribution in [1.82, 2.24) is 9.97 Å². The minimum absolute atomic E-state index is 0.539. The molecule has 1 aromatic heterocycles. The number of aromatic nitrogens is 2. The lowest BCUT2D eigenvalue weighted by Gasteiger charge is -2.12. The zero-order valence-electron chi connectivity index (χ0n) is 11.6. The van der Waals surface area contributed by atoms with Crippen molar-refractivity contribution in [3.05, 3.63) is 6.33 Å². The molecule has 7 heteroatoms. The highest BCUT2D eigenvalue weighted by molar-refractivity contribution is 5.73. The van der Waals surface area contributed by atoms with Crippen molar-refractivity contribution >= 4 is 17.3 Å². The van der Waals surface area contributed by atoms with Crippen LogP contribution in [0.15, 0.2) is 6.33 Å². The molecule has 0 bridgehead atoms. The zero-order valence-corrected chi connectivity index (χ0v) is 11.6. The average Bonchev–Trinajstić information content (AvgIpc) is 2.43. The average molecular weight is 269 g/mol. The highest BCUT2D eigenvalue weighted by Crippen LogP contribution is 2.21. The third kappa shape index (κ3) is 5.71. The molecule has 0 radical (unpaired) electrons. The summed E-state index contributed by atoms with van der Waals surface area (Å²) < 4.78 is 9.96. The molecule has 1 rings (SSSR count). The second-order valence-electron chi connectivity index (χ2n) is 4.03. The fourth-order valence-electron chi connectivity index (χ4n) is 1.52. The Bertz CT molecular complexity index is 332. The van der Waals surface area contributed by atoms with E-state index in [1.54, 1.807) is 14.2 Å². The second kappa shape index (κ2) is 9.35. The summed E-state index contributed by atoms with van der Waals surface area (Å²) in [6, 6.07) is 0. The number of nitrogens with one attached hydrogen (secondary N) is 2. The van der Waals surface area contributed by atoms with Crippen LogP contribution in [0.5, 0.6) is 0 Å².